The standard InChI is InChI=1S/C37H50NO11P/c1-3-8-33-48-32-18-27-26-12-11-22-17-23(39)13-14-36(22,2)34(26)30(40)19-29(27)37(32,49-33)31(41)21-47-50(43,44)46-16-15-38-35(42)45-20-28-24-9-6-4-5-7-10-25(24)28/h13-14,17,24-30,32-34,40H,3,6-12,15-16,18-21H2,1-2H3,(H,38,42)(H,43,44)/t24?,25?,26-,27-,28?,29?,30-,32+,33?,34+,36-,37+/m0/s1. The third kappa shape index (κ3) is 6.68. The molecule has 0 aromatic carbocycles. The van der Waals surface area contributed by atoms with Gasteiger partial charge in [0.25, 0.3) is 0 Å². The number of Topliss-reactive ketones (excluding diaryl/α,β-unsaturated/α-hetero) is 1. The number of hydrogen-bond acceptors (Lipinski definition) is 10. The van der Waals surface area contributed by atoms with Gasteiger partial charge in [-0.15, -0.1) is 11.8 Å². The summed E-state index contributed by atoms with van der Waals surface area (Å²) in [5.41, 5.74) is -0.843. The number of phosphoric acid groups is 1. The summed E-state index contributed by atoms with van der Waals surface area (Å²) < 4.78 is 41.3. The van der Waals surface area contributed by atoms with Gasteiger partial charge >= 0.3 is 13.9 Å². The Balaban J connectivity index is 0.936. The number of amides is 1. The molecule has 5 unspecified atom stereocenters. The van der Waals surface area contributed by atoms with Crippen LogP contribution in [-0.4, -0.2) is 78.1 Å². The number of hydrogen-bond donors (Lipinski definition) is 3. The molecular weight excluding hydrogens is 665 g/mol. The van der Waals surface area contributed by atoms with E-state index in [1.54, 1.807) is 12.2 Å². The molecule has 50 heavy (non-hydrogen) atoms. The maximum absolute atomic E-state index is 14.1. The van der Waals surface area contributed by atoms with Gasteiger partial charge in [0.2, 0.25) is 0 Å². The predicted octanol–water partition coefficient (Wildman–Crippen LogP) is 4.63. The van der Waals surface area contributed by atoms with Crippen molar-refractivity contribution in [3.63, 3.8) is 0 Å². The SMILES string of the molecule is CCCC1O[C@@H]2C[C@@H]3C(C[C@H](O)[C@H]4[C@H]3CCC3=CC(=O)C=C[C@@]34C)[C@]2(C(=O)COP(=O)(O)OCCNC(=O)OCC2C3CCC#CCCC32)O1. The minimum Gasteiger partial charge on any atom is -0.449 e. The number of carbonyl (C=O) groups is 3. The quantitative estimate of drug-likeness (QED) is 0.146. The molecule has 0 aromatic heterocycles. The first kappa shape index (κ1) is 36.0. The summed E-state index contributed by atoms with van der Waals surface area (Å²) in [5.74, 6) is 6.81. The molecule has 5 fully saturated rings. The van der Waals surface area contributed by atoms with Gasteiger partial charge in [-0.2, -0.15) is 0 Å². The zero-order chi connectivity index (χ0) is 35.3. The molecular formula is C37H50NO11P. The molecule has 12 atom stereocenters. The van der Waals surface area contributed by atoms with Gasteiger partial charge in [-0.25, -0.2) is 9.36 Å². The number of fused-ring (bicyclic) bond motifs is 8. The number of aliphatic hydroxyl groups excluding tert-OH is 1. The van der Waals surface area contributed by atoms with Gasteiger partial charge in [0, 0.05) is 36.6 Å². The van der Waals surface area contributed by atoms with Crippen LogP contribution >= 0.6 is 7.82 Å². The van der Waals surface area contributed by atoms with Crippen LogP contribution in [0.1, 0.15) is 78.1 Å². The maximum Gasteiger partial charge on any atom is 0.472 e. The highest BCUT2D eigenvalue weighted by Gasteiger charge is 2.70. The van der Waals surface area contributed by atoms with E-state index in [-0.39, 0.29) is 42.6 Å². The molecule has 1 amide bonds. The summed E-state index contributed by atoms with van der Waals surface area (Å²) in [6.45, 7) is 3.26. The van der Waals surface area contributed by atoms with Crippen LogP contribution in [0.5, 0.6) is 0 Å². The summed E-state index contributed by atoms with van der Waals surface area (Å²) in [4.78, 5) is 49.0. The van der Waals surface area contributed by atoms with Crippen LogP contribution in [0.25, 0.3) is 0 Å². The molecule has 0 spiro atoms. The summed E-state index contributed by atoms with van der Waals surface area (Å²) in [5, 5.41) is 14.3. The number of ketones is 2. The lowest BCUT2D eigenvalue weighted by atomic mass is 9.49. The van der Waals surface area contributed by atoms with Gasteiger partial charge in [-0.1, -0.05) is 31.9 Å². The maximum atomic E-state index is 14.1. The molecule has 13 heteroatoms. The average molecular weight is 716 g/mol. The third-order valence-electron chi connectivity index (χ3n) is 12.8. The number of ether oxygens (including phenoxy) is 3. The molecule has 1 heterocycles. The summed E-state index contributed by atoms with van der Waals surface area (Å²) in [6, 6.07) is 0. The lowest BCUT2D eigenvalue weighted by Crippen LogP contribution is -2.58. The Morgan fingerprint density at radius 2 is 1.86 bits per heavy atom. The zero-order valence-corrected chi connectivity index (χ0v) is 29.8. The van der Waals surface area contributed by atoms with E-state index in [2.05, 4.69) is 24.1 Å². The van der Waals surface area contributed by atoms with Gasteiger partial charge < -0.3 is 29.5 Å². The number of alkyl carbamates (subject to hydrolysis) is 1. The first-order valence-electron chi connectivity index (χ1n) is 18.4. The number of nitrogens with one attached hydrogen (secondary N) is 1. The predicted molar refractivity (Wildman–Crippen MR) is 179 cm³/mol. The van der Waals surface area contributed by atoms with Crippen molar-refractivity contribution in [2.24, 2.45) is 46.8 Å². The number of aliphatic hydroxyl groups is 1. The molecule has 7 aliphatic rings. The molecule has 274 valence electrons. The fourth-order valence-corrected chi connectivity index (χ4v) is 11.2. The number of allylic oxidation sites excluding steroid dienone is 4. The van der Waals surface area contributed by atoms with E-state index in [4.69, 9.17) is 23.3 Å². The second-order valence-corrected chi connectivity index (χ2v) is 16.9. The molecule has 6 aliphatic carbocycles. The molecule has 1 aliphatic heterocycles. The average Bonchev–Trinajstić information content (AvgIpc) is 3.40. The third-order valence-corrected chi connectivity index (χ3v) is 13.8. The number of carbonyl (C=O) groups excluding carboxylic acids is 3. The first-order valence-corrected chi connectivity index (χ1v) is 19.9. The fourth-order valence-electron chi connectivity index (χ4n) is 10.6. The molecule has 7 rings (SSSR count). The van der Waals surface area contributed by atoms with Crippen LogP contribution in [0.4, 0.5) is 4.79 Å². The highest BCUT2D eigenvalue weighted by atomic mass is 31.2. The highest BCUT2D eigenvalue weighted by Crippen LogP contribution is 2.65. The zero-order valence-electron chi connectivity index (χ0n) is 28.9. The Bertz CT molecular complexity index is 1520. The smallest absolute Gasteiger partial charge is 0.449 e. The second kappa shape index (κ2) is 14.2. The van der Waals surface area contributed by atoms with E-state index in [0.29, 0.717) is 43.6 Å². The molecule has 1 saturated heterocycles. The van der Waals surface area contributed by atoms with Crippen LogP contribution in [-0.2, 0) is 37.4 Å². The van der Waals surface area contributed by atoms with Gasteiger partial charge in [-0.3, -0.25) is 18.6 Å². The highest BCUT2D eigenvalue weighted by molar-refractivity contribution is 7.47. The van der Waals surface area contributed by atoms with Crippen molar-refractivity contribution in [1.82, 2.24) is 5.32 Å². The van der Waals surface area contributed by atoms with Crippen molar-refractivity contribution in [1.29, 1.82) is 0 Å². The summed E-state index contributed by atoms with van der Waals surface area (Å²) >= 11 is 0. The topological polar surface area (TPSA) is 167 Å². The Morgan fingerprint density at radius 1 is 1.10 bits per heavy atom. The summed E-state index contributed by atoms with van der Waals surface area (Å²) in [7, 11) is -4.68. The van der Waals surface area contributed by atoms with Crippen LogP contribution in [0.3, 0.4) is 0 Å². The van der Waals surface area contributed by atoms with Gasteiger partial charge in [0.1, 0.15) is 6.61 Å². The van der Waals surface area contributed by atoms with Crippen molar-refractivity contribution < 1.29 is 52.2 Å². The van der Waals surface area contributed by atoms with E-state index >= 15 is 0 Å². The molecule has 3 N–H and O–H groups in total. The molecule has 12 nitrogen and oxygen atoms in total. The normalized spacial score (nSPS) is 42.1. The van der Waals surface area contributed by atoms with Crippen molar-refractivity contribution in [3.8, 4) is 11.8 Å². The minimum atomic E-state index is -4.68. The minimum absolute atomic E-state index is 0.0133. The lowest BCUT2D eigenvalue weighted by Gasteiger charge is -2.56. The van der Waals surface area contributed by atoms with Crippen molar-refractivity contribution in [3.05, 3.63) is 23.8 Å². The summed E-state index contributed by atoms with van der Waals surface area (Å²) in [6.07, 6.45) is 10.2. The van der Waals surface area contributed by atoms with E-state index in [9.17, 15) is 28.9 Å². The second-order valence-electron chi connectivity index (χ2n) is 15.4. The van der Waals surface area contributed by atoms with E-state index in [0.717, 1.165) is 50.5 Å². The van der Waals surface area contributed by atoms with Gasteiger partial charge in [0.05, 0.1) is 25.4 Å². The van der Waals surface area contributed by atoms with Crippen LogP contribution in [0.2, 0.25) is 0 Å². The van der Waals surface area contributed by atoms with Crippen LogP contribution in [0.15, 0.2) is 23.8 Å². The van der Waals surface area contributed by atoms with Crippen molar-refractivity contribution in [2.45, 2.75) is 102 Å². The fraction of sp³-hybridized carbons (Fsp3) is 0.757. The molecule has 0 aromatic rings. The van der Waals surface area contributed by atoms with E-state index in [1.165, 1.54) is 0 Å². The van der Waals surface area contributed by atoms with Crippen LogP contribution in [0, 0.1) is 58.7 Å². The van der Waals surface area contributed by atoms with E-state index < -0.39 is 55.8 Å². The van der Waals surface area contributed by atoms with Gasteiger partial charge in [0.15, 0.2) is 23.5 Å². The van der Waals surface area contributed by atoms with Crippen molar-refractivity contribution in [2.75, 3.05) is 26.4 Å². The van der Waals surface area contributed by atoms with E-state index in [1.807, 2.05) is 13.0 Å². The Labute approximate surface area is 293 Å². The number of rotatable bonds is 12. The largest absolute Gasteiger partial charge is 0.472 e. The monoisotopic (exact) mass is 715 g/mol. The first-order chi connectivity index (χ1) is 24.0. The van der Waals surface area contributed by atoms with Crippen LogP contribution < -0.4 is 5.32 Å². The number of phosphoric ester groups is 1. The molecule has 0 bridgehead atoms. The molecule has 4 saturated carbocycles. The lowest BCUT2D eigenvalue weighted by molar-refractivity contribution is -0.173. The Kier molecular flexibility index (Phi) is 10.2. The molecule has 0 radical (unpaired) electrons. The Morgan fingerprint density at radius 3 is 2.60 bits per heavy atom. The Hall–Kier alpha value is -2.36. The van der Waals surface area contributed by atoms with Crippen molar-refractivity contribution >= 4 is 25.5 Å². The van der Waals surface area contributed by atoms with Gasteiger partial charge in [-0.05, 0) is 86.7 Å².